The van der Waals surface area contributed by atoms with Gasteiger partial charge in [-0.1, -0.05) is 69.4 Å². The molecule has 0 spiro atoms. The highest BCUT2D eigenvalue weighted by molar-refractivity contribution is 6.76. The van der Waals surface area contributed by atoms with Crippen molar-refractivity contribution in [3.8, 4) is 11.5 Å². The van der Waals surface area contributed by atoms with Gasteiger partial charge in [0.2, 0.25) is 12.4 Å². The first kappa shape index (κ1) is 48.4. The van der Waals surface area contributed by atoms with Crippen molar-refractivity contribution in [2.24, 2.45) is 5.41 Å². The van der Waals surface area contributed by atoms with E-state index in [4.69, 9.17) is 37.9 Å². The Bertz CT molecular complexity index is 1810. The van der Waals surface area contributed by atoms with E-state index >= 15 is 0 Å². The maximum absolute atomic E-state index is 12.2. The van der Waals surface area contributed by atoms with Crippen LogP contribution in [0.4, 0.5) is 0 Å². The van der Waals surface area contributed by atoms with Gasteiger partial charge >= 0.3 is 29.8 Å². The van der Waals surface area contributed by atoms with Gasteiger partial charge in [-0.15, -0.1) is 0 Å². The lowest BCUT2D eigenvalue weighted by atomic mass is 9.71. The molecule has 0 aromatic heterocycles. The fraction of sp³-hybridized carbons (Fsp3) is 0.533. The summed E-state index contributed by atoms with van der Waals surface area (Å²) in [6.45, 7) is 21.9. The topological polar surface area (TPSA) is 159 Å². The maximum Gasteiger partial charge on any atom is 0.330 e. The van der Waals surface area contributed by atoms with Gasteiger partial charge in [-0.05, 0) is 86.1 Å². The van der Waals surface area contributed by atoms with E-state index in [2.05, 4.69) is 52.6 Å². The van der Waals surface area contributed by atoms with Crippen LogP contribution in [0.25, 0.3) is 0 Å². The van der Waals surface area contributed by atoms with Crippen LogP contribution in [-0.2, 0) is 52.4 Å². The average molecular weight is 839 g/mol. The van der Waals surface area contributed by atoms with Crippen LogP contribution >= 0.6 is 0 Å². The Hall–Kier alpha value is -4.95. The number of carbonyl (C=O) groups excluding carboxylic acids is 5. The summed E-state index contributed by atoms with van der Waals surface area (Å²) in [5, 5.41) is 0. The standard InChI is InChI=1S/C45H62O13Si/c1-28(14-13-15-29(2)26-40(50)51-24-25-59(10,11)12)16-21-37-30(3)38(22-23-45(37,8)9)56-35-17-19-36(20-18-35)57-44-43(55-34(7)49)42(54-33(6)48)41(53-32(5)47)39(58-44)27-52-31(4)46/h13-21,26,38-39,41-44H,22-25,27H2,1-12H3/b15-13+,21-16+,28-14+,29-26+/t38?,39-,41-,42+,43-,44-/m1/s1. The zero-order chi connectivity index (χ0) is 44.1. The number of hydrogen-bond donors (Lipinski definition) is 0. The van der Waals surface area contributed by atoms with Crippen LogP contribution in [0.5, 0.6) is 11.5 Å². The summed E-state index contributed by atoms with van der Waals surface area (Å²) in [5.41, 5.74) is 4.07. The molecule has 0 radical (unpaired) electrons. The van der Waals surface area contributed by atoms with Crippen molar-refractivity contribution in [2.75, 3.05) is 13.2 Å². The quantitative estimate of drug-likeness (QED) is 0.0490. The predicted octanol–water partition coefficient (Wildman–Crippen LogP) is 7.92. The molecule has 3 rings (SSSR count). The van der Waals surface area contributed by atoms with Crippen molar-refractivity contribution in [3.05, 3.63) is 83.0 Å². The Balaban J connectivity index is 1.76. The summed E-state index contributed by atoms with van der Waals surface area (Å²) in [4.78, 5) is 60.3. The molecule has 59 heavy (non-hydrogen) atoms. The molecule has 1 saturated heterocycles. The number of hydrogen-bond acceptors (Lipinski definition) is 13. The highest BCUT2D eigenvalue weighted by Crippen LogP contribution is 2.42. The van der Waals surface area contributed by atoms with Crippen LogP contribution in [0, 0.1) is 5.41 Å². The van der Waals surface area contributed by atoms with E-state index in [0.717, 1.165) is 49.5 Å². The molecule has 0 saturated carbocycles. The van der Waals surface area contributed by atoms with Crippen LogP contribution in [0.3, 0.4) is 0 Å². The van der Waals surface area contributed by atoms with Crippen LogP contribution < -0.4 is 9.47 Å². The van der Waals surface area contributed by atoms with Crippen LogP contribution in [0.15, 0.2) is 83.0 Å². The summed E-state index contributed by atoms with van der Waals surface area (Å²) in [7, 11) is -1.27. The van der Waals surface area contributed by atoms with E-state index in [1.807, 2.05) is 32.1 Å². The number of esters is 5. The Morgan fingerprint density at radius 1 is 0.763 bits per heavy atom. The van der Waals surface area contributed by atoms with Crippen molar-refractivity contribution in [1.29, 1.82) is 0 Å². The first-order chi connectivity index (χ1) is 27.5. The molecule has 1 aliphatic carbocycles. The molecule has 1 aromatic carbocycles. The lowest BCUT2D eigenvalue weighted by Gasteiger charge is -2.43. The number of allylic oxidation sites excluding steroid dienone is 8. The number of benzene rings is 1. The predicted molar refractivity (Wildman–Crippen MR) is 224 cm³/mol. The van der Waals surface area contributed by atoms with E-state index < -0.39 is 62.7 Å². The third-order valence-corrected chi connectivity index (χ3v) is 11.3. The van der Waals surface area contributed by atoms with E-state index in [1.54, 1.807) is 24.3 Å². The second kappa shape index (κ2) is 21.9. The summed E-state index contributed by atoms with van der Waals surface area (Å²) in [6, 6.07) is 7.74. The van der Waals surface area contributed by atoms with Crippen molar-refractivity contribution in [2.45, 2.75) is 138 Å². The smallest absolute Gasteiger partial charge is 0.330 e. The minimum atomic E-state index is -1.36. The lowest BCUT2D eigenvalue weighted by molar-refractivity contribution is -0.288. The first-order valence-corrected chi connectivity index (χ1v) is 23.6. The Morgan fingerprint density at radius 2 is 1.34 bits per heavy atom. The van der Waals surface area contributed by atoms with Crippen molar-refractivity contribution in [3.63, 3.8) is 0 Å². The molecule has 0 N–H and O–H groups in total. The average Bonchev–Trinajstić information content (AvgIpc) is 3.10. The van der Waals surface area contributed by atoms with E-state index in [-0.39, 0.29) is 24.1 Å². The number of ether oxygens (including phenoxy) is 8. The van der Waals surface area contributed by atoms with Crippen molar-refractivity contribution < 1.29 is 61.9 Å². The number of rotatable bonds is 17. The number of carbonyl (C=O) groups is 5. The molecule has 1 unspecified atom stereocenters. The highest BCUT2D eigenvalue weighted by Gasteiger charge is 2.53. The Kier molecular flexibility index (Phi) is 18.0. The van der Waals surface area contributed by atoms with Crippen LogP contribution in [0.2, 0.25) is 25.7 Å². The van der Waals surface area contributed by atoms with Crippen LogP contribution in [0.1, 0.15) is 75.2 Å². The summed E-state index contributed by atoms with van der Waals surface area (Å²) in [6.07, 6.45) is 6.58. The molecular weight excluding hydrogens is 777 g/mol. The Morgan fingerprint density at radius 3 is 1.92 bits per heavy atom. The van der Waals surface area contributed by atoms with E-state index in [9.17, 15) is 24.0 Å². The minimum Gasteiger partial charge on any atom is -0.486 e. The van der Waals surface area contributed by atoms with Gasteiger partial charge in [-0.3, -0.25) is 19.2 Å². The molecule has 6 atom stereocenters. The van der Waals surface area contributed by atoms with E-state index in [1.165, 1.54) is 25.5 Å². The monoisotopic (exact) mass is 838 g/mol. The zero-order valence-electron chi connectivity index (χ0n) is 36.6. The van der Waals surface area contributed by atoms with Crippen molar-refractivity contribution >= 4 is 37.9 Å². The van der Waals surface area contributed by atoms with Gasteiger partial charge in [0, 0.05) is 41.8 Å². The molecule has 13 nitrogen and oxygen atoms in total. The SMILES string of the molecule is CC(=O)OC[C@H]1O[C@@H](Oc2ccc(OC3CCC(C)(C)C(/C=C/C(C)=C/C=C/C(C)=C/C(=O)OCC[Si](C)(C)C)=C3C)cc2)[C@H](OC(C)=O)[C@@H](OC(C)=O)[C@@H]1OC(C)=O. The second-order valence-corrected chi connectivity index (χ2v) is 22.4. The molecule has 0 amide bonds. The van der Waals surface area contributed by atoms with Gasteiger partial charge in [0.05, 0.1) is 6.61 Å². The Labute approximate surface area is 349 Å². The lowest BCUT2D eigenvalue weighted by Crippen LogP contribution is -2.63. The maximum atomic E-state index is 12.2. The van der Waals surface area contributed by atoms with Gasteiger partial charge in [0.1, 0.15) is 30.3 Å². The molecule has 0 bridgehead atoms. The van der Waals surface area contributed by atoms with Crippen LogP contribution in [-0.4, -0.2) is 87.9 Å². The molecule has 1 fully saturated rings. The third kappa shape index (κ3) is 16.3. The molecule has 2 aliphatic rings. The molecule has 324 valence electrons. The summed E-state index contributed by atoms with van der Waals surface area (Å²) >= 11 is 0. The second-order valence-electron chi connectivity index (χ2n) is 16.8. The van der Waals surface area contributed by atoms with E-state index in [0.29, 0.717) is 18.1 Å². The third-order valence-electron chi connectivity index (χ3n) is 9.64. The van der Waals surface area contributed by atoms with Gasteiger partial charge < -0.3 is 37.9 Å². The molecule has 1 aliphatic heterocycles. The minimum absolute atomic E-state index is 0.0757. The highest BCUT2D eigenvalue weighted by atomic mass is 28.3. The summed E-state index contributed by atoms with van der Waals surface area (Å²) in [5.74, 6) is -2.23. The molecule has 1 aromatic rings. The van der Waals surface area contributed by atoms with Crippen molar-refractivity contribution in [1.82, 2.24) is 0 Å². The fourth-order valence-corrected chi connectivity index (χ4v) is 7.30. The summed E-state index contributed by atoms with van der Waals surface area (Å²) < 4.78 is 45.7. The van der Waals surface area contributed by atoms with Gasteiger partial charge in [0.15, 0.2) is 12.2 Å². The van der Waals surface area contributed by atoms with Gasteiger partial charge in [-0.2, -0.15) is 0 Å². The zero-order valence-corrected chi connectivity index (χ0v) is 37.6. The van der Waals surface area contributed by atoms with Gasteiger partial charge in [-0.25, -0.2) is 4.79 Å². The normalized spacial score (nSPS) is 23.7. The molecule has 1 heterocycles. The molecule has 14 heteroatoms. The fourth-order valence-electron chi connectivity index (χ4n) is 6.59. The van der Waals surface area contributed by atoms with Gasteiger partial charge in [0.25, 0.3) is 0 Å². The molecular formula is C45H62O13Si. The largest absolute Gasteiger partial charge is 0.486 e. The first-order valence-electron chi connectivity index (χ1n) is 19.9.